The predicted octanol–water partition coefficient (Wildman–Crippen LogP) is 5.36. The number of hydrogen-bond acceptors (Lipinski definition) is 19. The third-order valence-electron chi connectivity index (χ3n) is 10.1. The molecule has 6 N–H and O–H groups in total. The fourth-order valence-electron chi connectivity index (χ4n) is 6.62. The van der Waals surface area contributed by atoms with E-state index >= 15 is 0 Å². The summed E-state index contributed by atoms with van der Waals surface area (Å²) < 4.78 is 0. The molecule has 4 aromatic heterocycles. The maximum atomic E-state index is 13.2. The molecule has 0 radical (unpaired) electrons. The molecule has 0 saturated heterocycles. The van der Waals surface area contributed by atoms with Gasteiger partial charge in [0.15, 0.2) is 11.6 Å². The van der Waals surface area contributed by atoms with E-state index in [4.69, 9.17) is 9.78 Å². The molecule has 4 heterocycles. The van der Waals surface area contributed by atoms with Crippen LogP contribution in [0.2, 0.25) is 0 Å². The second-order valence-electron chi connectivity index (χ2n) is 14.8. The Bertz CT molecular complexity index is 3270. The molecule has 8 aromatic rings. The minimum atomic E-state index is -1.49. The van der Waals surface area contributed by atoms with Crippen molar-refractivity contribution in [3.63, 3.8) is 0 Å². The molecule has 8 rings (SSSR count). The molecule has 0 amide bonds. The predicted molar refractivity (Wildman–Crippen MR) is 238 cm³/mol. The number of aromatic nitrogens is 9. The van der Waals surface area contributed by atoms with Crippen LogP contribution in [0.3, 0.4) is 0 Å². The summed E-state index contributed by atoms with van der Waals surface area (Å²) in [6, 6.07) is 16.4. The van der Waals surface area contributed by atoms with Crippen LogP contribution in [0.15, 0.2) is 116 Å². The molecule has 0 aliphatic carbocycles. The molecular weight excluding hydrogens is 947 g/mol. The number of benzene rings is 4. The summed E-state index contributed by atoms with van der Waals surface area (Å²) in [5.41, 5.74) is -1.30. The number of carboxylic acids is 6. The van der Waals surface area contributed by atoms with E-state index in [0.29, 0.717) is 5.56 Å². The minimum absolute atomic E-state index is 0.00584. The van der Waals surface area contributed by atoms with Crippen LogP contribution in [0.25, 0.3) is 67.9 Å². The SMILES string of the molecule is O=C(O)c1cc(C(=O)O)cc(-c2ccc(-c3nnc(-c4cc(C(=O)O)cc(C(=O)OOC(=O)c5cc(C(=O)O)cc(-c6cnc(-c7ncc(-c8cc(C(=O)O)cc(C(=O)O)c8)cn7)nc6)c5)c4)nn3)nc2)c1. The Hall–Kier alpha value is -11.1. The van der Waals surface area contributed by atoms with Gasteiger partial charge in [0.1, 0.15) is 5.69 Å². The third-order valence-corrected chi connectivity index (χ3v) is 10.1. The van der Waals surface area contributed by atoms with Crippen LogP contribution in [0.5, 0.6) is 0 Å². The molecular formula is C47H25N9O16. The fourth-order valence-corrected chi connectivity index (χ4v) is 6.62. The van der Waals surface area contributed by atoms with Gasteiger partial charge in [0.05, 0.1) is 44.5 Å². The summed E-state index contributed by atoms with van der Waals surface area (Å²) in [6.07, 6.45) is 6.45. The maximum absolute atomic E-state index is 13.2. The monoisotopic (exact) mass is 971 g/mol. The summed E-state index contributed by atoms with van der Waals surface area (Å²) in [5.74, 6) is -11.4. The fraction of sp³-hybridized carbons (Fsp3) is 0. The van der Waals surface area contributed by atoms with E-state index in [9.17, 15) is 69.0 Å². The minimum Gasteiger partial charge on any atom is -0.478 e. The maximum Gasteiger partial charge on any atom is 0.386 e. The van der Waals surface area contributed by atoms with E-state index in [1.807, 2.05) is 0 Å². The van der Waals surface area contributed by atoms with Gasteiger partial charge < -0.3 is 30.6 Å². The van der Waals surface area contributed by atoms with Crippen LogP contribution < -0.4 is 0 Å². The summed E-state index contributed by atoms with van der Waals surface area (Å²) in [5, 5.41) is 73.2. The molecule has 354 valence electrons. The van der Waals surface area contributed by atoms with Gasteiger partial charge in [-0.15, -0.1) is 20.4 Å². The molecule has 0 aliphatic heterocycles. The van der Waals surface area contributed by atoms with Gasteiger partial charge in [-0.3, -0.25) is 4.98 Å². The summed E-state index contributed by atoms with van der Waals surface area (Å²) in [4.78, 5) is 127. The highest BCUT2D eigenvalue weighted by Crippen LogP contribution is 2.28. The van der Waals surface area contributed by atoms with Crippen molar-refractivity contribution >= 4 is 47.8 Å². The molecule has 0 aliphatic rings. The number of hydrogen-bond donors (Lipinski definition) is 6. The first-order valence-corrected chi connectivity index (χ1v) is 20.0. The number of rotatable bonds is 14. The van der Waals surface area contributed by atoms with Gasteiger partial charge in [0.2, 0.25) is 11.6 Å². The van der Waals surface area contributed by atoms with Crippen LogP contribution in [-0.4, -0.2) is 124 Å². The Morgan fingerprint density at radius 2 is 0.583 bits per heavy atom. The zero-order valence-electron chi connectivity index (χ0n) is 35.8. The Balaban J connectivity index is 0.961. The van der Waals surface area contributed by atoms with Gasteiger partial charge >= 0.3 is 47.8 Å². The highest BCUT2D eigenvalue weighted by molar-refractivity contribution is 6.00. The Morgan fingerprint density at radius 3 is 0.931 bits per heavy atom. The Kier molecular flexibility index (Phi) is 12.9. The Labute approximate surface area is 399 Å². The van der Waals surface area contributed by atoms with Crippen LogP contribution in [0.1, 0.15) is 82.9 Å². The van der Waals surface area contributed by atoms with Crippen LogP contribution in [0, 0.1) is 0 Å². The summed E-state index contributed by atoms with van der Waals surface area (Å²) in [6.45, 7) is 0. The molecule has 0 spiro atoms. The van der Waals surface area contributed by atoms with E-state index in [-0.39, 0.29) is 84.6 Å². The molecule has 0 unspecified atom stereocenters. The first-order chi connectivity index (χ1) is 34.4. The average Bonchev–Trinajstić information content (AvgIpc) is 3.39. The molecule has 4 aromatic carbocycles. The quantitative estimate of drug-likeness (QED) is 0.0589. The zero-order chi connectivity index (χ0) is 51.4. The molecule has 0 saturated carbocycles. The van der Waals surface area contributed by atoms with E-state index in [0.717, 1.165) is 36.4 Å². The normalized spacial score (nSPS) is 10.7. The van der Waals surface area contributed by atoms with E-state index < -0.39 is 70.0 Å². The number of aromatic carboxylic acids is 6. The largest absolute Gasteiger partial charge is 0.478 e. The Morgan fingerprint density at radius 1 is 0.292 bits per heavy atom. The van der Waals surface area contributed by atoms with Gasteiger partial charge in [0.25, 0.3) is 0 Å². The number of carboxylic acid groups (broad SMARTS) is 6. The van der Waals surface area contributed by atoms with Crippen LogP contribution >= 0.6 is 0 Å². The molecule has 25 heteroatoms. The lowest BCUT2D eigenvalue weighted by Gasteiger charge is -2.09. The van der Waals surface area contributed by atoms with Crippen molar-refractivity contribution in [1.29, 1.82) is 0 Å². The van der Waals surface area contributed by atoms with Crippen molar-refractivity contribution in [2.75, 3.05) is 0 Å². The highest BCUT2D eigenvalue weighted by atomic mass is 17.2. The molecule has 0 atom stereocenters. The number of nitrogens with zero attached hydrogens (tertiary/aromatic N) is 9. The van der Waals surface area contributed by atoms with Crippen molar-refractivity contribution in [2.24, 2.45) is 0 Å². The van der Waals surface area contributed by atoms with Crippen molar-refractivity contribution in [3.05, 3.63) is 160 Å². The van der Waals surface area contributed by atoms with Gasteiger partial charge in [-0.05, 0) is 95.6 Å². The second kappa shape index (κ2) is 19.6. The molecule has 72 heavy (non-hydrogen) atoms. The summed E-state index contributed by atoms with van der Waals surface area (Å²) in [7, 11) is 0. The second-order valence-corrected chi connectivity index (χ2v) is 14.8. The average molecular weight is 972 g/mol. The topological polar surface area (TPSA) is 392 Å². The lowest BCUT2D eigenvalue weighted by molar-refractivity contribution is -0.187. The zero-order valence-corrected chi connectivity index (χ0v) is 35.8. The van der Waals surface area contributed by atoms with Crippen molar-refractivity contribution < 1.29 is 78.8 Å². The van der Waals surface area contributed by atoms with Gasteiger partial charge in [-0.1, -0.05) is 6.07 Å². The molecule has 0 bridgehead atoms. The van der Waals surface area contributed by atoms with Gasteiger partial charge in [-0.25, -0.2) is 68.1 Å². The number of carbonyl (C=O) groups is 8. The first kappa shape index (κ1) is 47.4. The first-order valence-electron chi connectivity index (χ1n) is 20.0. The standard InChI is InChI=1S/C47H25N9O16/c57-40(58)25-3-21(4-26(11-25)41(59)60)20-1-2-35(48-15-20)37-55-53-36(54-56-37)24-9-30(45(67)68)14-32(10-24)47(70)72-71-46(69)31-8-23(7-29(13-31)44(65)66)34-18-51-39(52-19-34)38-49-16-33(17-50-38)22-5-27(42(61)62)12-28(6-22)43(63)64/h1-19H,(H,57,58)(H,59,60)(H,61,62)(H,63,64)(H,65,66)(H,67,68). The lowest BCUT2D eigenvalue weighted by Crippen LogP contribution is -2.14. The van der Waals surface area contributed by atoms with Crippen molar-refractivity contribution in [3.8, 4) is 67.9 Å². The number of pyridine rings is 1. The van der Waals surface area contributed by atoms with Crippen LogP contribution in [0.4, 0.5) is 0 Å². The highest BCUT2D eigenvalue weighted by Gasteiger charge is 2.22. The van der Waals surface area contributed by atoms with E-state index in [1.165, 1.54) is 79.5 Å². The third kappa shape index (κ3) is 10.4. The smallest absolute Gasteiger partial charge is 0.386 e. The molecule has 25 nitrogen and oxygen atoms in total. The van der Waals surface area contributed by atoms with Gasteiger partial charge in [0, 0.05) is 53.2 Å². The van der Waals surface area contributed by atoms with E-state index in [2.05, 4.69) is 45.3 Å². The van der Waals surface area contributed by atoms with Gasteiger partial charge in [-0.2, -0.15) is 0 Å². The number of carbonyl (C=O) groups excluding carboxylic acids is 2. The van der Waals surface area contributed by atoms with Crippen molar-refractivity contribution in [1.82, 2.24) is 45.3 Å². The molecule has 0 fully saturated rings. The van der Waals surface area contributed by atoms with E-state index in [1.54, 1.807) is 0 Å². The van der Waals surface area contributed by atoms with Crippen LogP contribution in [-0.2, 0) is 9.78 Å². The van der Waals surface area contributed by atoms with Crippen molar-refractivity contribution in [2.45, 2.75) is 0 Å². The summed E-state index contributed by atoms with van der Waals surface area (Å²) >= 11 is 0. The lowest BCUT2D eigenvalue weighted by atomic mass is 10.0.